The first kappa shape index (κ1) is 17.9. The number of rotatable bonds is 3. The minimum Gasteiger partial charge on any atom is -0.489 e. The molecule has 2 aliphatic heterocycles. The molecular formula is C20H25N3O4. The summed E-state index contributed by atoms with van der Waals surface area (Å²) in [6.45, 7) is 8.10. The van der Waals surface area contributed by atoms with Gasteiger partial charge in [-0.15, -0.1) is 0 Å². The van der Waals surface area contributed by atoms with Crippen molar-refractivity contribution >= 4 is 22.6 Å². The van der Waals surface area contributed by atoms with Crippen LogP contribution in [0.2, 0.25) is 0 Å². The molecule has 0 saturated carbocycles. The predicted molar refractivity (Wildman–Crippen MR) is 104 cm³/mol. The van der Waals surface area contributed by atoms with Gasteiger partial charge in [-0.05, 0) is 39.2 Å². The molecule has 1 fully saturated rings. The van der Waals surface area contributed by atoms with E-state index in [0.717, 1.165) is 25.2 Å². The Labute approximate surface area is 157 Å². The second-order valence-electron chi connectivity index (χ2n) is 8.34. The van der Waals surface area contributed by atoms with Crippen LogP contribution in [0, 0.1) is 5.92 Å². The van der Waals surface area contributed by atoms with Crippen molar-refractivity contribution in [3.05, 3.63) is 34.1 Å². The van der Waals surface area contributed by atoms with Crippen LogP contribution in [-0.2, 0) is 0 Å². The third kappa shape index (κ3) is 2.86. The van der Waals surface area contributed by atoms with E-state index in [4.69, 9.17) is 10.5 Å². The van der Waals surface area contributed by atoms with Crippen molar-refractivity contribution < 1.29 is 14.6 Å². The van der Waals surface area contributed by atoms with Crippen molar-refractivity contribution in [2.24, 2.45) is 11.7 Å². The SMILES string of the molecule is C[C@H]1COc2cc(N3CC[C@@H](C(C)(C)N)C3)cc3c(=O)c(C(=O)O)cn1c23. The lowest BCUT2D eigenvalue weighted by molar-refractivity contribution is 0.0694. The molecular weight excluding hydrogens is 346 g/mol. The Morgan fingerprint density at radius 2 is 2.11 bits per heavy atom. The van der Waals surface area contributed by atoms with E-state index in [1.807, 2.05) is 31.4 Å². The molecule has 0 amide bonds. The zero-order valence-electron chi connectivity index (χ0n) is 15.9. The molecule has 1 aromatic heterocycles. The Morgan fingerprint density at radius 3 is 2.74 bits per heavy atom. The minimum atomic E-state index is -1.21. The highest BCUT2D eigenvalue weighted by atomic mass is 16.5. The molecule has 7 nitrogen and oxygen atoms in total. The van der Waals surface area contributed by atoms with Gasteiger partial charge in [0, 0.05) is 36.6 Å². The third-order valence-corrected chi connectivity index (χ3v) is 5.87. The van der Waals surface area contributed by atoms with Crippen LogP contribution < -0.4 is 20.8 Å². The number of carbonyl (C=O) groups is 1. The van der Waals surface area contributed by atoms with Crippen molar-refractivity contribution in [2.45, 2.75) is 38.8 Å². The van der Waals surface area contributed by atoms with Crippen LogP contribution in [0.5, 0.6) is 5.75 Å². The van der Waals surface area contributed by atoms with Gasteiger partial charge in [0.15, 0.2) is 0 Å². The van der Waals surface area contributed by atoms with Gasteiger partial charge in [0.2, 0.25) is 5.43 Å². The van der Waals surface area contributed by atoms with Crippen LogP contribution in [0.3, 0.4) is 0 Å². The second kappa shape index (κ2) is 5.99. The molecule has 2 aliphatic rings. The normalized spacial score (nSPS) is 22.1. The van der Waals surface area contributed by atoms with E-state index in [1.165, 1.54) is 6.20 Å². The summed E-state index contributed by atoms with van der Waals surface area (Å²) in [5, 5.41) is 9.85. The molecule has 144 valence electrons. The number of aromatic nitrogens is 1. The highest BCUT2D eigenvalue weighted by Gasteiger charge is 2.33. The molecule has 2 aromatic rings. The molecule has 27 heavy (non-hydrogen) atoms. The van der Waals surface area contributed by atoms with E-state index >= 15 is 0 Å². The molecule has 0 unspecified atom stereocenters. The first-order valence-electron chi connectivity index (χ1n) is 9.29. The van der Waals surface area contributed by atoms with Crippen LogP contribution in [0.25, 0.3) is 10.9 Å². The topological polar surface area (TPSA) is 97.8 Å². The van der Waals surface area contributed by atoms with Crippen LogP contribution in [-0.4, -0.2) is 40.9 Å². The lowest BCUT2D eigenvalue weighted by Gasteiger charge is -2.30. The summed E-state index contributed by atoms with van der Waals surface area (Å²) in [7, 11) is 0. The molecule has 7 heteroatoms. The first-order chi connectivity index (χ1) is 12.7. The fraction of sp³-hybridized carbons (Fsp3) is 0.500. The van der Waals surface area contributed by atoms with E-state index in [1.54, 1.807) is 6.07 Å². The Morgan fingerprint density at radius 1 is 1.37 bits per heavy atom. The number of ether oxygens (including phenoxy) is 1. The smallest absolute Gasteiger partial charge is 0.341 e. The number of hydrogen-bond acceptors (Lipinski definition) is 5. The lowest BCUT2D eigenvalue weighted by atomic mass is 9.88. The average Bonchev–Trinajstić information content (AvgIpc) is 3.09. The number of carboxylic acids is 1. The molecule has 1 aromatic carbocycles. The molecule has 1 saturated heterocycles. The van der Waals surface area contributed by atoms with E-state index in [-0.39, 0.29) is 17.1 Å². The number of hydrogen-bond donors (Lipinski definition) is 2. The Balaban J connectivity index is 1.88. The van der Waals surface area contributed by atoms with Gasteiger partial charge >= 0.3 is 5.97 Å². The standard InChI is InChI=1S/C20H25N3O4/c1-11-10-27-16-7-13(22-5-4-12(8-22)20(2,3)21)6-14-17(16)23(11)9-15(18(14)24)19(25)26/h6-7,9,11-12H,4-5,8,10,21H2,1-3H3,(H,25,26)/t11-,12+/m0/s1. The van der Waals surface area contributed by atoms with Crippen LogP contribution >= 0.6 is 0 Å². The van der Waals surface area contributed by atoms with Crippen molar-refractivity contribution in [3.63, 3.8) is 0 Å². The largest absolute Gasteiger partial charge is 0.489 e. The molecule has 3 heterocycles. The van der Waals surface area contributed by atoms with Crippen molar-refractivity contribution in [1.29, 1.82) is 0 Å². The average molecular weight is 371 g/mol. The van der Waals surface area contributed by atoms with E-state index in [9.17, 15) is 14.7 Å². The maximum atomic E-state index is 12.8. The molecule has 0 bridgehead atoms. The summed E-state index contributed by atoms with van der Waals surface area (Å²) in [6, 6.07) is 3.72. The van der Waals surface area contributed by atoms with Crippen LogP contribution in [0.15, 0.2) is 23.1 Å². The number of carboxylic acid groups (broad SMARTS) is 1. The van der Waals surface area contributed by atoms with Crippen molar-refractivity contribution in [3.8, 4) is 5.75 Å². The Hall–Kier alpha value is -2.54. The quantitative estimate of drug-likeness (QED) is 0.859. The minimum absolute atomic E-state index is 0.0428. The molecule has 4 rings (SSSR count). The maximum absolute atomic E-state index is 12.8. The zero-order chi connectivity index (χ0) is 19.5. The zero-order valence-corrected chi connectivity index (χ0v) is 15.9. The van der Waals surface area contributed by atoms with E-state index in [2.05, 4.69) is 4.90 Å². The fourth-order valence-corrected chi connectivity index (χ4v) is 4.13. The number of anilines is 1. The van der Waals surface area contributed by atoms with Crippen LogP contribution in [0.4, 0.5) is 5.69 Å². The lowest BCUT2D eigenvalue weighted by Crippen LogP contribution is -2.42. The summed E-state index contributed by atoms with van der Waals surface area (Å²) in [5.41, 5.74) is 6.88. The summed E-state index contributed by atoms with van der Waals surface area (Å²) < 4.78 is 7.74. The van der Waals surface area contributed by atoms with Gasteiger partial charge in [0.1, 0.15) is 17.9 Å². The molecule has 3 N–H and O–H groups in total. The Kier molecular flexibility index (Phi) is 3.96. The maximum Gasteiger partial charge on any atom is 0.341 e. The molecule has 0 aliphatic carbocycles. The fourth-order valence-electron chi connectivity index (χ4n) is 4.13. The third-order valence-electron chi connectivity index (χ3n) is 5.87. The summed E-state index contributed by atoms with van der Waals surface area (Å²) in [6.07, 6.45) is 2.42. The number of aromatic carboxylic acids is 1. The van der Waals surface area contributed by atoms with Crippen molar-refractivity contribution in [2.75, 3.05) is 24.6 Å². The number of pyridine rings is 1. The summed E-state index contributed by atoms with van der Waals surface area (Å²) >= 11 is 0. The van der Waals surface area contributed by atoms with Gasteiger partial charge in [-0.2, -0.15) is 0 Å². The van der Waals surface area contributed by atoms with Gasteiger partial charge in [-0.3, -0.25) is 4.79 Å². The van der Waals surface area contributed by atoms with Crippen molar-refractivity contribution in [1.82, 2.24) is 4.57 Å². The molecule has 2 atom stereocenters. The Bertz CT molecular complexity index is 989. The van der Waals surface area contributed by atoms with Gasteiger partial charge in [-0.25, -0.2) is 4.79 Å². The second-order valence-corrected chi connectivity index (χ2v) is 8.34. The molecule has 0 spiro atoms. The number of benzene rings is 1. The van der Waals surface area contributed by atoms with Gasteiger partial charge in [0.05, 0.1) is 16.9 Å². The first-order valence-corrected chi connectivity index (χ1v) is 9.29. The summed E-state index contributed by atoms with van der Waals surface area (Å²) in [4.78, 5) is 26.6. The number of nitrogens with two attached hydrogens (primary N) is 1. The van der Waals surface area contributed by atoms with Gasteiger partial charge in [-0.1, -0.05) is 0 Å². The molecule has 0 radical (unpaired) electrons. The number of nitrogens with zero attached hydrogens (tertiary/aromatic N) is 2. The summed E-state index contributed by atoms with van der Waals surface area (Å²) in [5.74, 6) is -0.222. The predicted octanol–water partition coefficient (Wildman–Crippen LogP) is 2.22. The van der Waals surface area contributed by atoms with Gasteiger partial charge in [0.25, 0.3) is 0 Å². The van der Waals surface area contributed by atoms with E-state index in [0.29, 0.717) is 29.2 Å². The van der Waals surface area contributed by atoms with Crippen LogP contribution in [0.1, 0.15) is 43.6 Å². The highest BCUT2D eigenvalue weighted by molar-refractivity contribution is 5.96. The monoisotopic (exact) mass is 371 g/mol. The van der Waals surface area contributed by atoms with E-state index < -0.39 is 11.4 Å². The van der Waals surface area contributed by atoms with Gasteiger partial charge < -0.3 is 25.0 Å². The highest BCUT2D eigenvalue weighted by Crippen LogP contribution is 2.37.